The van der Waals surface area contributed by atoms with E-state index in [1.165, 1.54) is 0 Å². The number of nitrogens with one attached hydrogen (secondary N) is 2. The number of aryl methyl sites for hydroxylation is 2. The van der Waals surface area contributed by atoms with Crippen molar-refractivity contribution in [2.75, 3.05) is 41.7 Å². The maximum Gasteiger partial charge on any atom is 0.321 e. The quantitative estimate of drug-likeness (QED) is 0.656. The van der Waals surface area contributed by atoms with Gasteiger partial charge in [-0.2, -0.15) is 0 Å². The Bertz CT molecular complexity index is 1030. The van der Waals surface area contributed by atoms with E-state index in [0.717, 1.165) is 34.9 Å². The van der Waals surface area contributed by atoms with E-state index in [1.807, 2.05) is 60.4 Å². The lowest BCUT2D eigenvalue weighted by molar-refractivity contribution is 0.208. The molecule has 0 radical (unpaired) electrons. The minimum Gasteiger partial charge on any atom is -0.352 e. The summed E-state index contributed by atoms with van der Waals surface area (Å²) in [5.74, 6) is 2.19. The van der Waals surface area contributed by atoms with Gasteiger partial charge in [-0.3, -0.25) is 0 Å². The van der Waals surface area contributed by atoms with Gasteiger partial charge in [0.1, 0.15) is 5.82 Å². The predicted octanol–water partition coefficient (Wildman–Crippen LogP) is 3.84. The van der Waals surface area contributed by atoms with E-state index in [2.05, 4.69) is 37.6 Å². The molecule has 0 spiro atoms. The van der Waals surface area contributed by atoms with Crippen molar-refractivity contribution < 1.29 is 4.79 Å². The summed E-state index contributed by atoms with van der Waals surface area (Å²) < 4.78 is 0. The number of pyridine rings is 1. The van der Waals surface area contributed by atoms with Crippen LogP contribution in [-0.4, -0.2) is 52.3 Å². The molecule has 1 aliphatic heterocycles. The van der Waals surface area contributed by atoms with Crippen molar-refractivity contribution >= 4 is 29.2 Å². The van der Waals surface area contributed by atoms with Crippen molar-refractivity contribution in [1.82, 2.24) is 20.1 Å². The highest BCUT2D eigenvalue weighted by molar-refractivity contribution is 5.90. The van der Waals surface area contributed by atoms with E-state index in [4.69, 9.17) is 0 Å². The van der Waals surface area contributed by atoms with E-state index in [1.54, 1.807) is 6.20 Å². The Morgan fingerprint density at radius 2 is 1.81 bits per heavy atom. The van der Waals surface area contributed by atoms with Crippen molar-refractivity contribution in [3.63, 3.8) is 0 Å². The average Bonchev–Trinajstić information content (AvgIpc) is 2.80. The predicted molar refractivity (Wildman–Crippen MR) is 123 cm³/mol. The van der Waals surface area contributed by atoms with Gasteiger partial charge in [0.2, 0.25) is 0 Å². The number of amides is 2. The number of rotatable bonds is 5. The fraction of sp³-hybridized carbons (Fsp3) is 0.304. The number of para-hydroxylation sites is 1. The zero-order valence-corrected chi connectivity index (χ0v) is 17.9. The van der Waals surface area contributed by atoms with Crippen molar-refractivity contribution in [3.8, 4) is 0 Å². The molecule has 8 heteroatoms. The standard InChI is InChI=1S/C23H27N7O/c1-3-18-6-4-5-7-19(18)25-23(31)30-14-12-29(13-15-30)22-9-8-20(27-28-22)26-21-16-17(2)10-11-24-21/h4-11,16H,3,12-15H2,1-2H3,(H,25,31)(H,24,26,27). The lowest BCUT2D eigenvalue weighted by Gasteiger charge is -2.35. The second-order valence-corrected chi connectivity index (χ2v) is 7.54. The van der Waals surface area contributed by atoms with Crippen LogP contribution in [0.25, 0.3) is 0 Å². The van der Waals surface area contributed by atoms with Gasteiger partial charge in [-0.1, -0.05) is 25.1 Å². The van der Waals surface area contributed by atoms with E-state index >= 15 is 0 Å². The first-order chi connectivity index (χ1) is 15.1. The monoisotopic (exact) mass is 417 g/mol. The number of carbonyl (C=O) groups excluding carboxylic acids is 1. The fourth-order valence-corrected chi connectivity index (χ4v) is 3.58. The summed E-state index contributed by atoms with van der Waals surface area (Å²) in [5, 5.41) is 14.8. The molecule has 3 heterocycles. The molecule has 1 fully saturated rings. The molecule has 1 aliphatic rings. The normalized spacial score (nSPS) is 13.7. The van der Waals surface area contributed by atoms with Crippen LogP contribution in [0.3, 0.4) is 0 Å². The van der Waals surface area contributed by atoms with Crippen LogP contribution in [0, 0.1) is 6.92 Å². The molecule has 2 aromatic heterocycles. The Labute approximate surface area is 182 Å². The molecular weight excluding hydrogens is 390 g/mol. The molecule has 1 aromatic carbocycles. The molecule has 160 valence electrons. The summed E-state index contributed by atoms with van der Waals surface area (Å²) in [6.07, 6.45) is 2.64. The Morgan fingerprint density at radius 1 is 1.00 bits per heavy atom. The van der Waals surface area contributed by atoms with Gasteiger partial charge in [0.25, 0.3) is 0 Å². The summed E-state index contributed by atoms with van der Waals surface area (Å²) in [6, 6.07) is 15.6. The first-order valence-corrected chi connectivity index (χ1v) is 10.5. The largest absolute Gasteiger partial charge is 0.352 e. The van der Waals surface area contributed by atoms with E-state index in [9.17, 15) is 4.79 Å². The molecule has 0 unspecified atom stereocenters. The first kappa shape index (κ1) is 20.6. The van der Waals surface area contributed by atoms with Crippen molar-refractivity contribution in [1.29, 1.82) is 0 Å². The van der Waals surface area contributed by atoms with Gasteiger partial charge in [0.05, 0.1) is 0 Å². The van der Waals surface area contributed by atoms with E-state index in [-0.39, 0.29) is 6.03 Å². The molecule has 0 saturated carbocycles. The average molecular weight is 418 g/mol. The fourth-order valence-electron chi connectivity index (χ4n) is 3.58. The van der Waals surface area contributed by atoms with Crippen LogP contribution >= 0.6 is 0 Å². The Hall–Kier alpha value is -3.68. The number of hydrogen-bond donors (Lipinski definition) is 2. The summed E-state index contributed by atoms with van der Waals surface area (Å²) >= 11 is 0. The molecule has 0 aliphatic carbocycles. The summed E-state index contributed by atoms with van der Waals surface area (Å²) in [5.41, 5.74) is 3.15. The van der Waals surface area contributed by atoms with Gasteiger partial charge >= 0.3 is 6.03 Å². The Kier molecular flexibility index (Phi) is 6.26. The van der Waals surface area contributed by atoms with Gasteiger partial charge in [0.15, 0.2) is 11.6 Å². The molecule has 0 atom stereocenters. The van der Waals surface area contributed by atoms with Gasteiger partial charge in [-0.05, 0) is 54.8 Å². The minimum atomic E-state index is -0.0585. The van der Waals surface area contributed by atoms with Crippen molar-refractivity contribution in [2.45, 2.75) is 20.3 Å². The summed E-state index contributed by atoms with van der Waals surface area (Å²) in [4.78, 5) is 20.9. The number of urea groups is 1. The molecule has 31 heavy (non-hydrogen) atoms. The number of carbonyl (C=O) groups is 1. The van der Waals surface area contributed by atoms with E-state index < -0.39 is 0 Å². The molecule has 2 N–H and O–H groups in total. The lowest BCUT2D eigenvalue weighted by Crippen LogP contribution is -2.50. The maximum atomic E-state index is 12.7. The second kappa shape index (κ2) is 9.42. The number of anilines is 4. The third-order valence-corrected chi connectivity index (χ3v) is 5.35. The Morgan fingerprint density at radius 3 is 2.52 bits per heavy atom. The number of hydrogen-bond acceptors (Lipinski definition) is 6. The highest BCUT2D eigenvalue weighted by Crippen LogP contribution is 2.19. The van der Waals surface area contributed by atoms with Crippen LogP contribution in [0.2, 0.25) is 0 Å². The zero-order valence-electron chi connectivity index (χ0n) is 17.9. The van der Waals surface area contributed by atoms with Crippen LogP contribution in [-0.2, 0) is 6.42 Å². The summed E-state index contributed by atoms with van der Waals surface area (Å²) in [7, 11) is 0. The minimum absolute atomic E-state index is 0.0585. The van der Waals surface area contributed by atoms with Gasteiger partial charge < -0.3 is 20.4 Å². The smallest absolute Gasteiger partial charge is 0.321 e. The third kappa shape index (κ3) is 5.09. The maximum absolute atomic E-state index is 12.7. The topological polar surface area (TPSA) is 86.3 Å². The zero-order chi connectivity index (χ0) is 21.6. The molecule has 0 bridgehead atoms. The molecule has 2 amide bonds. The van der Waals surface area contributed by atoms with Crippen LogP contribution in [0.4, 0.5) is 27.9 Å². The molecule has 4 rings (SSSR count). The number of aromatic nitrogens is 3. The van der Waals surface area contributed by atoms with Crippen molar-refractivity contribution in [2.24, 2.45) is 0 Å². The second-order valence-electron chi connectivity index (χ2n) is 7.54. The van der Waals surface area contributed by atoms with Crippen LogP contribution in [0.5, 0.6) is 0 Å². The SMILES string of the molecule is CCc1ccccc1NC(=O)N1CCN(c2ccc(Nc3cc(C)ccn3)nn2)CC1. The number of benzene rings is 1. The van der Waals surface area contributed by atoms with Gasteiger partial charge in [0, 0.05) is 38.1 Å². The Balaban J connectivity index is 1.31. The van der Waals surface area contributed by atoms with Gasteiger partial charge in [-0.15, -0.1) is 10.2 Å². The molecule has 8 nitrogen and oxygen atoms in total. The van der Waals surface area contributed by atoms with Crippen LogP contribution in [0.15, 0.2) is 54.7 Å². The highest BCUT2D eigenvalue weighted by atomic mass is 16.2. The lowest BCUT2D eigenvalue weighted by atomic mass is 10.1. The van der Waals surface area contributed by atoms with E-state index in [0.29, 0.717) is 32.0 Å². The van der Waals surface area contributed by atoms with Gasteiger partial charge in [-0.25, -0.2) is 9.78 Å². The number of nitrogens with zero attached hydrogens (tertiary/aromatic N) is 5. The molecule has 3 aromatic rings. The first-order valence-electron chi connectivity index (χ1n) is 10.5. The van der Waals surface area contributed by atoms with Crippen LogP contribution < -0.4 is 15.5 Å². The third-order valence-electron chi connectivity index (χ3n) is 5.35. The summed E-state index contributed by atoms with van der Waals surface area (Å²) in [6.45, 7) is 6.80. The van der Waals surface area contributed by atoms with Crippen molar-refractivity contribution in [3.05, 3.63) is 65.9 Å². The molecule has 1 saturated heterocycles. The van der Waals surface area contributed by atoms with Crippen LogP contribution in [0.1, 0.15) is 18.1 Å². The number of piperazine rings is 1. The molecular formula is C23H27N7O. The highest BCUT2D eigenvalue weighted by Gasteiger charge is 2.22.